The van der Waals surface area contributed by atoms with Crippen LogP contribution in [-0.2, 0) is 6.18 Å². The lowest BCUT2D eigenvalue weighted by atomic mass is 9.90. The minimum Gasteiger partial charge on any atom is -0.388 e. The molecule has 0 radical (unpaired) electrons. The number of likely N-dealkylation sites (N-methyl/N-ethyl adjacent to an activating group) is 1. The monoisotopic (exact) mass is 535 g/mol. The molecule has 0 aromatic heterocycles. The highest BCUT2D eigenvalue weighted by molar-refractivity contribution is 6.35. The van der Waals surface area contributed by atoms with E-state index in [2.05, 4.69) is 5.32 Å². The Bertz CT molecular complexity index is 1090. The molecule has 2 aromatic carbocycles. The lowest BCUT2D eigenvalue weighted by molar-refractivity contribution is -0.140. The highest BCUT2D eigenvalue weighted by Gasteiger charge is 2.38. The maximum absolute atomic E-state index is 13.9. The van der Waals surface area contributed by atoms with Crippen LogP contribution in [0.3, 0.4) is 0 Å². The third-order valence-electron chi connectivity index (χ3n) is 5.77. The molecule has 3 amide bonds. The number of carbonyl (C=O) groups excluding carboxylic acids is 2. The van der Waals surface area contributed by atoms with Crippen molar-refractivity contribution in [3.8, 4) is 0 Å². The maximum Gasteiger partial charge on any atom is 0.419 e. The van der Waals surface area contributed by atoms with Crippen molar-refractivity contribution in [1.82, 2.24) is 9.80 Å². The van der Waals surface area contributed by atoms with Crippen LogP contribution in [0.2, 0.25) is 10.0 Å². The number of aliphatic hydroxyl groups is 1. The SMILES string of the molecule is CCN(CC1(O)CCN(C(=O)Nc2cc(Cl)cc(Cl)c2)CC1)C(=O)c1ccc(C(F)(F)F)c(F)c1. The summed E-state index contributed by atoms with van der Waals surface area (Å²) in [6.45, 7) is 2.04. The number of hydrogen-bond acceptors (Lipinski definition) is 3. The summed E-state index contributed by atoms with van der Waals surface area (Å²) in [6.07, 6.45) is -4.56. The Morgan fingerprint density at radius 1 is 1.11 bits per heavy atom. The van der Waals surface area contributed by atoms with Gasteiger partial charge in [0.2, 0.25) is 0 Å². The third-order valence-corrected chi connectivity index (χ3v) is 6.21. The molecule has 12 heteroatoms. The first-order valence-electron chi connectivity index (χ1n) is 10.7. The summed E-state index contributed by atoms with van der Waals surface area (Å²) in [5, 5.41) is 14.4. The minimum atomic E-state index is -4.87. The third kappa shape index (κ3) is 6.77. The number of amides is 3. The maximum atomic E-state index is 13.9. The van der Waals surface area contributed by atoms with Crippen LogP contribution in [0.4, 0.5) is 28.0 Å². The van der Waals surface area contributed by atoms with Crippen molar-refractivity contribution in [3.63, 3.8) is 0 Å². The molecule has 0 unspecified atom stereocenters. The molecule has 0 atom stereocenters. The predicted octanol–water partition coefficient (Wildman–Crippen LogP) is 5.67. The molecule has 1 aliphatic heterocycles. The molecule has 0 aliphatic carbocycles. The van der Waals surface area contributed by atoms with Crippen LogP contribution >= 0.6 is 23.2 Å². The van der Waals surface area contributed by atoms with E-state index in [1.807, 2.05) is 0 Å². The zero-order valence-electron chi connectivity index (χ0n) is 18.6. The largest absolute Gasteiger partial charge is 0.419 e. The van der Waals surface area contributed by atoms with Crippen molar-refractivity contribution in [1.29, 1.82) is 0 Å². The Morgan fingerprint density at radius 2 is 1.71 bits per heavy atom. The number of halogens is 6. The Labute approximate surface area is 209 Å². The molecule has 6 nitrogen and oxygen atoms in total. The number of rotatable bonds is 5. The van der Waals surface area contributed by atoms with E-state index in [0.717, 1.165) is 6.07 Å². The van der Waals surface area contributed by atoms with Gasteiger partial charge in [-0.3, -0.25) is 4.79 Å². The summed E-state index contributed by atoms with van der Waals surface area (Å²) in [6, 6.07) is 6.19. The number of benzene rings is 2. The molecule has 0 saturated carbocycles. The highest BCUT2D eigenvalue weighted by atomic mass is 35.5. The standard InChI is InChI=1S/C23H23Cl2F4N3O3/c1-2-31(20(33)14-3-4-18(19(26)9-14)23(27,28)29)13-22(35)5-7-32(8-6-22)21(34)30-17-11-15(24)10-16(25)12-17/h3-4,9-12,35H,2,5-8,13H2,1H3,(H,30,34). The fourth-order valence-electron chi connectivity index (χ4n) is 3.86. The molecule has 1 aliphatic rings. The van der Waals surface area contributed by atoms with Crippen molar-refractivity contribution in [2.24, 2.45) is 0 Å². The van der Waals surface area contributed by atoms with Gasteiger partial charge in [0.1, 0.15) is 5.82 Å². The topological polar surface area (TPSA) is 72.9 Å². The molecule has 1 fully saturated rings. The van der Waals surface area contributed by atoms with E-state index in [1.54, 1.807) is 19.1 Å². The quantitative estimate of drug-likeness (QED) is 0.484. The molecule has 190 valence electrons. The van der Waals surface area contributed by atoms with Crippen LogP contribution in [0.25, 0.3) is 0 Å². The van der Waals surface area contributed by atoms with Crippen LogP contribution in [0.5, 0.6) is 0 Å². The van der Waals surface area contributed by atoms with Crippen LogP contribution < -0.4 is 5.32 Å². The predicted molar refractivity (Wildman–Crippen MR) is 124 cm³/mol. The average Bonchev–Trinajstić information content (AvgIpc) is 2.75. The van der Waals surface area contributed by atoms with Gasteiger partial charge in [-0.15, -0.1) is 0 Å². The number of nitrogens with zero attached hydrogens (tertiary/aromatic N) is 2. The van der Waals surface area contributed by atoms with Gasteiger partial charge in [0.15, 0.2) is 0 Å². The lowest BCUT2D eigenvalue weighted by Gasteiger charge is -2.40. The summed E-state index contributed by atoms with van der Waals surface area (Å²) in [5.74, 6) is -2.25. The van der Waals surface area contributed by atoms with Crippen molar-refractivity contribution in [2.75, 3.05) is 31.5 Å². The highest BCUT2D eigenvalue weighted by Crippen LogP contribution is 2.32. The van der Waals surface area contributed by atoms with E-state index in [0.29, 0.717) is 27.9 Å². The normalized spacial score (nSPS) is 15.6. The zero-order chi connectivity index (χ0) is 26.0. The van der Waals surface area contributed by atoms with Gasteiger partial charge in [0, 0.05) is 47.5 Å². The molecule has 0 spiro atoms. The van der Waals surface area contributed by atoms with Gasteiger partial charge in [-0.1, -0.05) is 23.2 Å². The number of anilines is 1. The van der Waals surface area contributed by atoms with E-state index in [9.17, 15) is 32.3 Å². The molecular formula is C23H23Cl2F4N3O3. The van der Waals surface area contributed by atoms with Gasteiger partial charge in [-0.2, -0.15) is 13.2 Å². The molecule has 35 heavy (non-hydrogen) atoms. The van der Waals surface area contributed by atoms with Gasteiger partial charge in [0.05, 0.1) is 11.2 Å². The number of piperidine rings is 1. The molecule has 3 rings (SSSR count). The Morgan fingerprint density at radius 3 is 2.23 bits per heavy atom. The van der Waals surface area contributed by atoms with Crippen molar-refractivity contribution in [2.45, 2.75) is 31.5 Å². The Balaban J connectivity index is 1.62. The van der Waals surface area contributed by atoms with Crippen LogP contribution in [0.15, 0.2) is 36.4 Å². The van der Waals surface area contributed by atoms with E-state index >= 15 is 0 Å². The van der Waals surface area contributed by atoms with Gasteiger partial charge >= 0.3 is 12.2 Å². The molecule has 1 heterocycles. The second kappa shape index (κ2) is 10.6. The first-order valence-corrected chi connectivity index (χ1v) is 11.5. The van der Waals surface area contributed by atoms with Crippen molar-refractivity contribution in [3.05, 3.63) is 63.4 Å². The van der Waals surface area contributed by atoms with Gasteiger partial charge < -0.3 is 20.2 Å². The van der Waals surface area contributed by atoms with E-state index in [-0.39, 0.29) is 44.6 Å². The Kier molecular flexibility index (Phi) is 8.18. The van der Waals surface area contributed by atoms with Crippen LogP contribution in [0, 0.1) is 5.82 Å². The minimum absolute atomic E-state index is 0.121. The Hall–Kier alpha value is -2.56. The number of carbonyl (C=O) groups is 2. The summed E-state index contributed by atoms with van der Waals surface area (Å²) in [7, 11) is 0. The fourth-order valence-corrected chi connectivity index (χ4v) is 4.38. The van der Waals surface area contributed by atoms with Crippen LogP contribution in [-0.4, -0.2) is 58.6 Å². The van der Waals surface area contributed by atoms with Crippen molar-refractivity contribution < 1.29 is 32.3 Å². The zero-order valence-corrected chi connectivity index (χ0v) is 20.1. The van der Waals surface area contributed by atoms with E-state index < -0.39 is 35.1 Å². The molecular weight excluding hydrogens is 513 g/mol. The van der Waals surface area contributed by atoms with Crippen LogP contribution in [0.1, 0.15) is 35.7 Å². The number of hydrogen-bond donors (Lipinski definition) is 2. The number of urea groups is 1. The molecule has 2 N–H and O–H groups in total. The first-order chi connectivity index (χ1) is 16.3. The summed E-state index contributed by atoms with van der Waals surface area (Å²) < 4.78 is 52.3. The molecule has 1 saturated heterocycles. The lowest BCUT2D eigenvalue weighted by Crippen LogP contribution is -2.53. The van der Waals surface area contributed by atoms with E-state index in [1.165, 1.54) is 15.9 Å². The number of likely N-dealkylation sites (tertiary alicyclic amines) is 1. The van der Waals surface area contributed by atoms with Gasteiger partial charge in [-0.25, -0.2) is 9.18 Å². The summed E-state index contributed by atoms with van der Waals surface area (Å²) in [5.41, 5.74) is -2.62. The second-order valence-electron chi connectivity index (χ2n) is 8.31. The molecule has 2 aromatic rings. The summed E-state index contributed by atoms with van der Waals surface area (Å²) in [4.78, 5) is 28.1. The van der Waals surface area contributed by atoms with Gasteiger partial charge in [0.25, 0.3) is 5.91 Å². The second-order valence-corrected chi connectivity index (χ2v) is 9.18. The number of alkyl halides is 3. The smallest absolute Gasteiger partial charge is 0.388 e. The summed E-state index contributed by atoms with van der Waals surface area (Å²) >= 11 is 11.9. The van der Waals surface area contributed by atoms with Crippen molar-refractivity contribution >= 4 is 40.8 Å². The first kappa shape index (κ1) is 27.0. The number of nitrogens with one attached hydrogen (secondary N) is 1. The molecule has 0 bridgehead atoms. The fraction of sp³-hybridized carbons (Fsp3) is 0.391. The average molecular weight is 536 g/mol. The van der Waals surface area contributed by atoms with E-state index in [4.69, 9.17) is 23.2 Å². The van der Waals surface area contributed by atoms with Gasteiger partial charge in [-0.05, 0) is 56.2 Å².